The molecular formula is C26H24F4N6OS. The number of amides is 1. The quantitative estimate of drug-likeness (QED) is 0.313. The van der Waals surface area contributed by atoms with Gasteiger partial charge in [0.15, 0.2) is 10.5 Å². The molecule has 1 saturated carbocycles. The van der Waals surface area contributed by atoms with E-state index in [0.717, 1.165) is 23.7 Å². The van der Waals surface area contributed by atoms with Gasteiger partial charge in [-0.25, -0.2) is 4.39 Å². The number of halogens is 4. The van der Waals surface area contributed by atoms with Gasteiger partial charge in [0.2, 0.25) is 0 Å². The topological polar surface area (TPSA) is 88.6 Å². The van der Waals surface area contributed by atoms with Crippen molar-refractivity contribution in [3.8, 4) is 11.1 Å². The maximum atomic E-state index is 13.8. The number of nitrogens with one attached hydrogen (secondary N) is 2. The maximum absolute atomic E-state index is 13.8. The van der Waals surface area contributed by atoms with Crippen molar-refractivity contribution >= 4 is 17.2 Å². The molecule has 0 bridgehead atoms. The molecule has 1 atom stereocenters. The van der Waals surface area contributed by atoms with Crippen molar-refractivity contribution in [1.82, 2.24) is 24.6 Å². The minimum atomic E-state index is -4.69. The summed E-state index contributed by atoms with van der Waals surface area (Å²) in [6.07, 6.45) is 1.17. The molecule has 1 amide bonds. The average molecular weight is 545 g/mol. The summed E-state index contributed by atoms with van der Waals surface area (Å²) >= 11 is 1.22. The van der Waals surface area contributed by atoms with E-state index < -0.39 is 29.6 Å². The summed E-state index contributed by atoms with van der Waals surface area (Å²) in [5.74, 6) is -0.780. The van der Waals surface area contributed by atoms with E-state index in [1.54, 1.807) is 41.3 Å². The zero-order valence-corrected chi connectivity index (χ0v) is 21.3. The highest BCUT2D eigenvalue weighted by molar-refractivity contribution is 7.06. The first-order chi connectivity index (χ1) is 18.0. The van der Waals surface area contributed by atoms with E-state index in [-0.39, 0.29) is 34.0 Å². The molecule has 3 aromatic heterocycles. The minimum Gasteiger partial charge on any atom is -0.343 e. The third-order valence-electron chi connectivity index (χ3n) is 6.46. The summed E-state index contributed by atoms with van der Waals surface area (Å²) in [6.45, 7) is 1.82. The standard InChI is InChI=1S/C26H24F4N6OS/c1-14-7-21(32-11-20(14)27)22(16-3-4-16)33-24(37)18-9-15(12-36-5-6-38-25(36)31)8-17(10-18)19-13-35(2)34-23(19)26(28,29)30/h5-11,13,16,22,31H,3-4,12H2,1-2H3,(H,33,37). The maximum Gasteiger partial charge on any atom is 0.435 e. The molecule has 5 rings (SSSR count). The molecule has 4 aromatic rings. The molecule has 1 aromatic carbocycles. The Hall–Kier alpha value is -3.80. The number of aryl methyl sites for hydroxylation is 2. The number of benzene rings is 1. The van der Waals surface area contributed by atoms with Crippen LogP contribution < -0.4 is 10.1 Å². The van der Waals surface area contributed by atoms with Crippen molar-refractivity contribution in [1.29, 1.82) is 5.41 Å². The smallest absolute Gasteiger partial charge is 0.343 e. The fraction of sp³-hybridized carbons (Fsp3) is 0.308. The Morgan fingerprint density at radius 3 is 2.66 bits per heavy atom. The molecule has 0 radical (unpaired) electrons. The van der Waals surface area contributed by atoms with Gasteiger partial charge in [0, 0.05) is 42.5 Å². The van der Waals surface area contributed by atoms with Crippen LogP contribution in [0.4, 0.5) is 17.6 Å². The molecule has 7 nitrogen and oxygen atoms in total. The summed E-state index contributed by atoms with van der Waals surface area (Å²) in [4.78, 5) is 18.0. The minimum absolute atomic E-state index is 0.140. The molecule has 1 aliphatic rings. The highest BCUT2D eigenvalue weighted by Gasteiger charge is 2.38. The van der Waals surface area contributed by atoms with Crippen LogP contribution in [0.25, 0.3) is 11.1 Å². The summed E-state index contributed by atoms with van der Waals surface area (Å²) in [5, 5.41) is 16.4. The molecule has 2 N–H and O–H groups in total. The molecule has 12 heteroatoms. The lowest BCUT2D eigenvalue weighted by Crippen LogP contribution is -2.30. The highest BCUT2D eigenvalue weighted by atomic mass is 32.1. The molecule has 1 fully saturated rings. The molecule has 198 valence electrons. The van der Waals surface area contributed by atoms with E-state index in [1.165, 1.54) is 30.6 Å². The van der Waals surface area contributed by atoms with Crippen molar-refractivity contribution in [3.05, 3.63) is 86.9 Å². The van der Waals surface area contributed by atoms with Gasteiger partial charge in [-0.1, -0.05) is 0 Å². The molecule has 0 aliphatic heterocycles. The van der Waals surface area contributed by atoms with Gasteiger partial charge >= 0.3 is 6.18 Å². The van der Waals surface area contributed by atoms with Gasteiger partial charge in [0.05, 0.1) is 17.9 Å². The van der Waals surface area contributed by atoms with Crippen LogP contribution in [0, 0.1) is 24.1 Å². The fourth-order valence-electron chi connectivity index (χ4n) is 4.42. The van der Waals surface area contributed by atoms with E-state index in [1.807, 2.05) is 0 Å². The van der Waals surface area contributed by atoms with Crippen molar-refractivity contribution in [2.75, 3.05) is 0 Å². The lowest BCUT2D eigenvalue weighted by molar-refractivity contribution is -0.140. The summed E-state index contributed by atoms with van der Waals surface area (Å²) in [5.41, 5.74) is 0.669. The van der Waals surface area contributed by atoms with Crippen molar-refractivity contribution in [2.24, 2.45) is 13.0 Å². The average Bonchev–Trinajstić information content (AvgIpc) is 3.50. The zero-order valence-electron chi connectivity index (χ0n) is 20.5. The Bertz CT molecular complexity index is 1570. The number of carbonyl (C=O) groups is 1. The predicted octanol–water partition coefficient (Wildman–Crippen LogP) is 5.22. The normalized spacial score (nSPS) is 14.5. The second kappa shape index (κ2) is 9.82. The molecule has 38 heavy (non-hydrogen) atoms. The predicted molar refractivity (Wildman–Crippen MR) is 133 cm³/mol. The Morgan fingerprint density at radius 1 is 1.26 bits per heavy atom. The molecule has 1 aliphatic carbocycles. The van der Waals surface area contributed by atoms with Gasteiger partial charge in [0.1, 0.15) is 5.82 Å². The van der Waals surface area contributed by atoms with Gasteiger partial charge < -0.3 is 9.88 Å². The molecule has 3 heterocycles. The van der Waals surface area contributed by atoms with Crippen LogP contribution in [0.5, 0.6) is 0 Å². The third kappa shape index (κ3) is 5.40. The number of hydrogen-bond acceptors (Lipinski definition) is 5. The first kappa shape index (κ1) is 25.8. The number of aromatic nitrogens is 4. The number of nitrogens with zero attached hydrogens (tertiary/aromatic N) is 4. The number of rotatable bonds is 7. The largest absolute Gasteiger partial charge is 0.435 e. The lowest BCUT2D eigenvalue weighted by atomic mass is 9.98. The Kier molecular flexibility index (Phi) is 6.68. The molecule has 0 saturated heterocycles. The summed E-state index contributed by atoms with van der Waals surface area (Å²) in [6, 6.07) is 5.76. The van der Waals surface area contributed by atoms with Gasteiger partial charge in [-0.2, -0.15) is 18.3 Å². The van der Waals surface area contributed by atoms with E-state index in [0.29, 0.717) is 16.8 Å². The zero-order chi connectivity index (χ0) is 27.2. The number of thiazole rings is 1. The number of alkyl halides is 3. The van der Waals surface area contributed by atoms with E-state index in [9.17, 15) is 22.4 Å². The van der Waals surface area contributed by atoms with E-state index >= 15 is 0 Å². The number of hydrogen-bond donors (Lipinski definition) is 2. The fourth-order valence-corrected chi connectivity index (χ4v) is 5.02. The summed E-state index contributed by atoms with van der Waals surface area (Å²) in [7, 11) is 1.40. The number of pyridine rings is 1. The van der Waals surface area contributed by atoms with Crippen molar-refractivity contribution in [3.63, 3.8) is 0 Å². The monoisotopic (exact) mass is 544 g/mol. The molecule has 0 spiro atoms. The van der Waals surface area contributed by atoms with Gasteiger partial charge in [0.25, 0.3) is 5.91 Å². The van der Waals surface area contributed by atoms with Crippen LogP contribution >= 0.6 is 11.3 Å². The third-order valence-corrected chi connectivity index (χ3v) is 7.18. The second-order valence-electron chi connectivity index (χ2n) is 9.46. The van der Waals surface area contributed by atoms with Crippen LogP contribution in [0.3, 0.4) is 0 Å². The highest BCUT2D eigenvalue weighted by Crippen LogP contribution is 2.41. The first-order valence-electron chi connectivity index (χ1n) is 11.9. The van der Waals surface area contributed by atoms with Gasteiger partial charge in [-0.15, -0.1) is 11.3 Å². The second-order valence-corrected chi connectivity index (χ2v) is 10.4. The van der Waals surface area contributed by atoms with Crippen molar-refractivity contribution < 1.29 is 22.4 Å². The van der Waals surface area contributed by atoms with Gasteiger partial charge in [-0.05, 0) is 66.6 Å². The van der Waals surface area contributed by atoms with Crippen molar-refractivity contribution in [2.45, 2.75) is 38.5 Å². The van der Waals surface area contributed by atoms with E-state index in [2.05, 4.69) is 15.4 Å². The SMILES string of the molecule is Cc1cc(C(NC(=O)c2cc(Cn3ccsc3=N)cc(-c3cn(C)nc3C(F)(F)F)c2)C2CC2)ncc1F. The van der Waals surface area contributed by atoms with Crippen LogP contribution in [-0.4, -0.2) is 25.2 Å². The van der Waals surface area contributed by atoms with Crippen LogP contribution in [0.15, 0.2) is 48.2 Å². The Balaban J connectivity index is 1.55. The molecular weight excluding hydrogens is 520 g/mol. The number of carbonyl (C=O) groups excluding carboxylic acids is 1. The van der Waals surface area contributed by atoms with Crippen LogP contribution in [0.1, 0.15) is 51.8 Å². The summed E-state index contributed by atoms with van der Waals surface area (Å²) < 4.78 is 57.8. The Labute approximate surface area is 219 Å². The lowest BCUT2D eigenvalue weighted by Gasteiger charge is -2.19. The van der Waals surface area contributed by atoms with E-state index in [4.69, 9.17) is 5.41 Å². The van der Waals surface area contributed by atoms with Gasteiger partial charge in [-0.3, -0.25) is 19.9 Å². The first-order valence-corrected chi connectivity index (χ1v) is 12.7. The van der Waals surface area contributed by atoms with Crippen LogP contribution in [-0.2, 0) is 19.8 Å². The molecule has 1 unspecified atom stereocenters. The Morgan fingerprint density at radius 2 is 2.03 bits per heavy atom. The van der Waals surface area contributed by atoms with Crippen LogP contribution in [0.2, 0.25) is 0 Å².